The Labute approximate surface area is 104 Å². The maximum atomic E-state index is 10.7. The van der Waals surface area contributed by atoms with Gasteiger partial charge in [-0.1, -0.05) is 20.8 Å². The normalized spacial score (nSPS) is 61.2. The lowest BCUT2D eigenvalue weighted by molar-refractivity contribution is -0.150. The van der Waals surface area contributed by atoms with Crippen molar-refractivity contribution in [3.05, 3.63) is 0 Å². The van der Waals surface area contributed by atoms with Crippen LogP contribution in [0.1, 0.15) is 47.0 Å². The topological polar surface area (TPSA) is 40.5 Å². The van der Waals surface area contributed by atoms with Crippen molar-refractivity contribution in [1.82, 2.24) is 0 Å². The van der Waals surface area contributed by atoms with Crippen LogP contribution in [-0.2, 0) is 0 Å². The van der Waals surface area contributed by atoms with E-state index < -0.39 is 5.60 Å². The Balaban J connectivity index is 1.92. The summed E-state index contributed by atoms with van der Waals surface area (Å²) in [6, 6.07) is 0. The Bertz CT molecular complexity index is 336. The minimum atomic E-state index is -0.558. The molecular formula is C15H26O2. The number of hydrogen-bond donors (Lipinski definition) is 2. The molecule has 0 saturated heterocycles. The average molecular weight is 238 g/mol. The molecule has 3 fully saturated rings. The number of fused-ring (bicyclic) bond motifs is 3. The van der Waals surface area contributed by atoms with Crippen LogP contribution in [0, 0.1) is 35.0 Å². The summed E-state index contributed by atoms with van der Waals surface area (Å²) in [5, 5.41) is 21.0. The molecule has 7 atom stereocenters. The molecule has 0 bridgehead atoms. The zero-order chi connectivity index (χ0) is 12.6. The van der Waals surface area contributed by atoms with Gasteiger partial charge in [0, 0.05) is 0 Å². The first-order valence-corrected chi connectivity index (χ1v) is 7.19. The van der Waals surface area contributed by atoms with Crippen LogP contribution in [0.25, 0.3) is 0 Å². The lowest BCUT2D eigenvalue weighted by Gasteiger charge is -2.51. The summed E-state index contributed by atoms with van der Waals surface area (Å²) in [6.07, 6.45) is 2.46. The second kappa shape index (κ2) is 3.27. The first-order chi connectivity index (χ1) is 7.79. The predicted octanol–water partition coefficient (Wildman–Crippen LogP) is 2.44. The predicted molar refractivity (Wildman–Crippen MR) is 67.4 cm³/mol. The standard InChI is InChI=1S/C15H26O2/c1-8(2)11-9-7-14(3)10(16)5-6-15(4,17)13(14)12(9)11/h8-13,16-17H,5-7H2,1-4H3/t9-,10+,11-,12-,13-,14+,15-/m1/s1. The van der Waals surface area contributed by atoms with Gasteiger partial charge in [0.05, 0.1) is 11.7 Å². The van der Waals surface area contributed by atoms with E-state index in [9.17, 15) is 10.2 Å². The molecule has 98 valence electrons. The Morgan fingerprint density at radius 1 is 1.24 bits per heavy atom. The van der Waals surface area contributed by atoms with Crippen molar-refractivity contribution >= 4 is 0 Å². The molecule has 2 N–H and O–H groups in total. The largest absolute Gasteiger partial charge is 0.393 e. The molecule has 0 spiro atoms. The second-order valence-corrected chi connectivity index (χ2v) is 7.66. The van der Waals surface area contributed by atoms with Gasteiger partial charge in [-0.05, 0) is 61.2 Å². The number of aliphatic hydroxyl groups excluding tert-OH is 1. The lowest BCUT2D eigenvalue weighted by Crippen LogP contribution is -2.54. The fourth-order valence-electron chi connectivity index (χ4n) is 5.57. The van der Waals surface area contributed by atoms with Crippen LogP contribution in [0.15, 0.2) is 0 Å². The first kappa shape index (κ1) is 12.0. The van der Waals surface area contributed by atoms with E-state index in [1.165, 1.54) is 0 Å². The van der Waals surface area contributed by atoms with Crippen LogP contribution in [0.5, 0.6) is 0 Å². The zero-order valence-electron chi connectivity index (χ0n) is 11.5. The second-order valence-electron chi connectivity index (χ2n) is 7.66. The molecule has 3 aliphatic rings. The van der Waals surface area contributed by atoms with Gasteiger partial charge < -0.3 is 10.2 Å². The summed E-state index contributed by atoms with van der Waals surface area (Å²) < 4.78 is 0. The molecular weight excluding hydrogens is 212 g/mol. The van der Waals surface area contributed by atoms with E-state index in [1.54, 1.807) is 0 Å². The molecule has 2 heteroatoms. The molecule has 0 aromatic rings. The summed E-state index contributed by atoms with van der Waals surface area (Å²) in [5.41, 5.74) is -0.584. The quantitative estimate of drug-likeness (QED) is 0.736. The Morgan fingerprint density at radius 3 is 2.47 bits per heavy atom. The Morgan fingerprint density at radius 2 is 1.88 bits per heavy atom. The smallest absolute Gasteiger partial charge is 0.0657 e. The highest BCUT2D eigenvalue weighted by atomic mass is 16.3. The van der Waals surface area contributed by atoms with Gasteiger partial charge in [-0.2, -0.15) is 0 Å². The maximum Gasteiger partial charge on any atom is 0.0657 e. The van der Waals surface area contributed by atoms with Crippen LogP contribution in [0.4, 0.5) is 0 Å². The van der Waals surface area contributed by atoms with Gasteiger partial charge in [-0.3, -0.25) is 0 Å². The molecule has 0 radical (unpaired) electrons. The number of aliphatic hydroxyl groups is 2. The van der Waals surface area contributed by atoms with Crippen molar-refractivity contribution in [2.45, 2.75) is 58.7 Å². The van der Waals surface area contributed by atoms with Crippen molar-refractivity contribution in [2.24, 2.45) is 35.0 Å². The highest BCUT2D eigenvalue weighted by Crippen LogP contribution is 2.73. The lowest BCUT2D eigenvalue weighted by atomic mass is 9.58. The summed E-state index contributed by atoms with van der Waals surface area (Å²) in [5.74, 6) is 3.28. The highest BCUT2D eigenvalue weighted by Gasteiger charge is 2.72. The monoisotopic (exact) mass is 238 g/mol. The average Bonchev–Trinajstić information content (AvgIpc) is 2.77. The van der Waals surface area contributed by atoms with Crippen molar-refractivity contribution < 1.29 is 10.2 Å². The molecule has 17 heavy (non-hydrogen) atoms. The summed E-state index contributed by atoms with van der Waals surface area (Å²) in [7, 11) is 0. The van der Waals surface area contributed by atoms with E-state index >= 15 is 0 Å². The molecule has 0 aromatic heterocycles. The van der Waals surface area contributed by atoms with Gasteiger partial charge in [-0.25, -0.2) is 0 Å². The molecule has 0 aliphatic heterocycles. The molecule has 0 aromatic carbocycles. The van der Waals surface area contributed by atoms with E-state index in [0.717, 1.165) is 37.0 Å². The zero-order valence-corrected chi connectivity index (χ0v) is 11.5. The van der Waals surface area contributed by atoms with Crippen LogP contribution < -0.4 is 0 Å². The van der Waals surface area contributed by atoms with Gasteiger partial charge >= 0.3 is 0 Å². The van der Waals surface area contributed by atoms with Crippen LogP contribution in [-0.4, -0.2) is 21.9 Å². The van der Waals surface area contributed by atoms with E-state index in [4.69, 9.17) is 0 Å². The SMILES string of the molecule is CC(C)[C@@H]1[C@H]2C[C@]3(C)[C@@H]([C@H]21)[C@](C)(O)CC[C@@H]3O. The third kappa shape index (κ3) is 1.40. The van der Waals surface area contributed by atoms with Crippen LogP contribution >= 0.6 is 0 Å². The van der Waals surface area contributed by atoms with Crippen molar-refractivity contribution in [2.75, 3.05) is 0 Å². The van der Waals surface area contributed by atoms with Gasteiger partial charge in [0.15, 0.2) is 0 Å². The van der Waals surface area contributed by atoms with Crippen LogP contribution in [0.3, 0.4) is 0 Å². The van der Waals surface area contributed by atoms with Crippen LogP contribution in [0.2, 0.25) is 0 Å². The fourth-order valence-corrected chi connectivity index (χ4v) is 5.57. The van der Waals surface area contributed by atoms with Gasteiger partial charge in [0.2, 0.25) is 0 Å². The van der Waals surface area contributed by atoms with Crippen molar-refractivity contribution in [1.29, 1.82) is 0 Å². The highest BCUT2D eigenvalue weighted by molar-refractivity contribution is 5.20. The maximum absolute atomic E-state index is 10.7. The van der Waals surface area contributed by atoms with Crippen molar-refractivity contribution in [3.63, 3.8) is 0 Å². The van der Waals surface area contributed by atoms with E-state index in [-0.39, 0.29) is 11.5 Å². The molecule has 0 amide bonds. The minimum Gasteiger partial charge on any atom is -0.393 e. The summed E-state index contributed by atoms with van der Waals surface area (Å²) in [6.45, 7) is 8.81. The van der Waals surface area contributed by atoms with Crippen molar-refractivity contribution in [3.8, 4) is 0 Å². The third-order valence-corrected chi connectivity index (χ3v) is 6.19. The van der Waals surface area contributed by atoms with E-state index in [2.05, 4.69) is 20.8 Å². The fraction of sp³-hybridized carbons (Fsp3) is 1.00. The Kier molecular flexibility index (Phi) is 2.30. The number of hydrogen-bond acceptors (Lipinski definition) is 2. The molecule has 2 nitrogen and oxygen atoms in total. The molecule has 0 heterocycles. The van der Waals surface area contributed by atoms with Gasteiger partial charge in [0.1, 0.15) is 0 Å². The summed E-state index contributed by atoms with van der Waals surface area (Å²) in [4.78, 5) is 0. The number of rotatable bonds is 1. The van der Waals surface area contributed by atoms with Gasteiger partial charge in [-0.15, -0.1) is 0 Å². The minimum absolute atomic E-state index is 0.0253. The third-order valence-electron chi connectivity index (χ3n) is 6.19. The molecule has 3 aliphatic carbocycles. The molecule has 0 unspecified atom stereocenters. The van der Waals surface area contributed by atoms with E-state index in [0.29, 0.717) is 11.8 Å². The first-order valence-electron chi connectivity index (χ1n) is 7.19. The Hall–Kier alpha value is -0.0800. The molecule has 3 saturated carbocycles. The summed E-state index contributed by atoms with van der Waals surface area (Å²) >= 11 is 0. The van der Waals surface area contributed by atoms with Gasteiger partial charge in [0.25, 0.3) is 0 Å². The van der Waals surface area contributed by atoms with E-state index in [1.807, 2.05) is 6.92 Å². The molecule has 3 rings (SSSR count).